The van der Waals surface area contributed by atoms with Crippen LogP contribution in [0.5, 0.6) is 0 Å². The Balaban J connectivity index is 1.80. The van der Waals surface area contributed by atoms with Crippen LogP contribution in [0.1, 0.15) is 32.8 Å². The Morgan fingerprint density at radius 1 is 1.31 bits per heavy atom. The number of allylic oxidation sites excluding steroid dienone is 4. The number of nitrogens with zero attached hydrogens (tertiary/aromatic N) is 3. The molecule has 0 amide bonds. The fourth-order valence-corrected chi connectivity index (χ4v) is 4.61. The number of aliphatic hydroxyl groups excluding tert-OH is 1. The molecule has 3 unspecified atom stereocenters. The Morgan fingerprint density at radius 3 is 2.69 bits per heavy atom. The second-order valence-corrected chi connectivity index (χ2v) is 8.62. The Bertz CT molecular complexity index is 799. The van der Waals surface area contributed by atoms with Crippen LogP contribution >= 0.6 is 31.9 Å². The molecule has 138 valence electrons. The number of rotatable bonds is 4. The first kappa shape index (κ1) is 19.5. The third kappa shape index (κ3) is 4.02. The van der Waals surface area contributed by atoms with Crippen LogP contribution in [-0.4, -0.2) is 27.8 Å². The van der Waals surface area contributed by atoms with Crippen molar-refractivity contribution < 1.29 is 5.11 Å². The minimum Gasteiger partial charge on any atom is -0.371 e. The summed E-state index contributed by atoms with van der Waals surface area (Å²) in [4.78, 5) is 4.70. The zero-order valence-electron chi connectivity index (χ0n) is 15.2. The molecule has 0 radical (unpaired) electrons. The van der Waals surface area contributed by atoms with Gasteiger partial charge < -0.3 is 5.11 Å². The molecule has 3 rings (SSSR count). The summed E-state index contributed by atoms with van der Waals surface area (Å²) in [5.74, 6) is 0.178. The fourth-order valence-electron chi connectivity index (χ4n) is 3.32. The molecule has 2 aliphatic rings. The lowest BCUT2D eigenvalue weighted by molar-refractivity contribution is 0.0320. The predicted molar refractivity (Wildman–Crippen MR) is 114 cm³/mol. The van der Waals surface area contributed by atoms with Crippen molar-refractivity contribution in [1.82, 2.24) is 5.01 Å². The van der Waals surface area contributed by atoms with Gasteiger partial charge >= 0.3 is 0 Å². The van der Waals surface area contributed by atoms with E-state index in [0.717, 1.165) is 38.1 Å². The molecule has 0 aromatic heterocycles. The van der Waals surface area contributed by atoms with Crippen LogP contribution in [0.4, 0.5) is 0 Å². The lowest BCUT2D eigenvalue weighted by Crippen LogP contribution is -2.37. The van der Waals surface area contributed by atoms with Gasteiger partial charge in [-0.15, -0.1) is 0 Å². The van der Waals surface area contributed by atoms with E-state index in [1.54, 1.807) is 5.01 Å². The zero-order chi connectivity index (χ0) is 18.8. The molecule has 0 saturated carbocycles. The summed E-state index contributed by atoms with van der Waals surface area (Å²) in [5.41, 5.74) is 3.96. The molecule has 1 heterocycles. The molecule has 0 spiro atoms. The molecular formula is C20H23Br2N3O. The van der Waals surface area contributed by atoms with Gasteiger partial charge in [0.2, 0.25) is 0 Å². The molecule has 0 fully saturated rings. The number of hydrazone groups is 1. The first-order valence-electron chi connectivity index (χ1n) is 8.71. The lowest BCUT2D eigenvalue weighted by Gasteiger charge is -2.30. The van der Waals surface area contributed by atoms with Crippen LogP contribution in [0.3, 0.4) is 0 Å². The van der Waals surface area contributed by atoms with Crippen molar-refractivity contribution in [3.05, 3.63) is 56.6 Å². The summed E-state index contributed by atoms with van der Waals surface area (Å²) >= 11 is 7.22. The topological polar surface area (TPSA) is 48.2 Å². The smallest absolute Gasteiger partial charge is 0.160 e. The van der Waals surface area contributed by atoms with E-state index >= 15 is 0 Å². The molecule has 0 bridgehead atoms. The normalized spacial score (nSPS) is 26.9. The van der Waals surface area contributed by atoms with Gasteiger partial charge in [0.25, 0.3) is 0 Å². The van der Waals surface area contributed by atoms with Gasteiger partial charge in [0.15, 0.2) is 6.23 Å². The Morgan fingerprint density at radius 2 is 2.00 bits per heavy atom. The maximum atomic E-state index is 11.0. The fraction of sp³-hybridized carbons (Fsp3) is 0.400. The highest BCUT2D eigenvalue weighted by Crippen LogP contribution is 2.39. The third-order valence-corrected chi connectivity index (χ3v) is 6.55. The SMILES string of the molecule is CC(=NCc1ccccc1)C1C(C)=NN(C2=C(Br)C=C(Br)C(C)C2)C1O. The second kappa shape index (κ2) is 8.19. The van der Waals surface area contributed by atoms with Crippen LogP contribution in [0.15, 0.2) is 61.2 Å². The average Bonchev–Trinajstić information content (AvgIpc) is 2.91. The van der Waals surface area contributed by atoms with E-state index in [4.69, 9.17) is 4.99 Å². The molecule has 26 heavy (non-hydrogen) atoms. The molecule has 1 aliphatic carbocycles. The minimum absolute atomic E-state index is 0.184. The average molecular weight is 481 g/mol. The standard InChI is InChI=1S/C20H23Br2N3O/c1-12-9-18(17(22)10-16(12)21)25-20(26)19(14(3)24-25)13(2)23-11-15-7-5-4-6-8-15/h4-8,10,12,19-20,26H,9,11H2,1-3H3. The van der Waals surface area contributed by atoms with Crippen molar-refractivity contribution in [2.24, 2.45) is 21.9 Å². The van der Waals surface area contributed by atoms with Crippen LogP contribution in [-0.2, 0) is 6.54 Å². The van der Waals surface area contributed by atoms with Crippen molar-refractivity contribution >= 4 is 43.3 Å². The molecule has 0 saturated heterocycles. The molecule has 1 aromatic rings. The lowest BCUT2D eigenvalue weighted by atomic mass is 9.96. The van der Waals surface area contributed by atoms with Gasteiger partial charge in [-0.1, -0.05) is 53.2 Å². The van der Waals surface area contributed by atoms with E-state index in [1.807, 2.05) is 38.1 Å². The van der Waals surface area contributed by atoms with E-state index in [9.17, 15) is 5.11 Å². The second-order valence-electron chi connectivity index (χ2n) is 6.85. The largest absolute Gasteiger partial charge is 0.371 e. The van der Waals surface area contributed by atoms with E-state index in [2.05, 4.69) is 56.0 Å². The Labute approximate surface area is 171 Å². The Kier molecular flexibility index (Phi) is 6.15. The van der Waals surface area contributed by atoms with Crippen molar-refractivity contribution in [1.29, 1.82) is 0 Å². The van der Waals surface area contributed by atoms with Gasteiger partial charge in [0, 0.05) is 15.9 Å². The van der Waals surface area contributed by atoms with Gasteiger partial charge in [0.05, 0.1) is 18.2 Å². The van der Waals surface area contributed by atoms with E-state index in [-0.39, 0.29) is 5.92 Å². The maximum Gasteiger partial charge on any atom is 0.160 e. The number of benzene rings is 1. The number of hydrogen-bond donors (Lipinski definition) is 1. The number of hydrogen-bond acceptors (Lipinski definition) is 4. The number of halogens is 2. The molecule has 1 N–H and O–H groups in total. The van der Waals surface area contributed by atoms with Gasteiger partial charge in [-0.3, -0.25) is 4.99 Å². The summed E-state index contributed by atoms with van der Waals surface area (Å²) in [6, 6.07) is 10.1. The summed E-state index contributed by atoms with van der Waals surface area (Å²) in [6.07, 6.45) is 2.14. The van der Waals surface area contributed by atoms with Crippen molar-refractivity contribution in [2.45, 2.75) is 40.0 Å². The van der Waals surface area contributed by atoms with Crippen molar-refractivity contribution in [2.75, 3.05) is 0 Å². The van der Waals surface area contributed by atoms with Gasteiger partial charge in [-0.2, -0.15) is 5.10 Å². The van der Waals surface area contributed by atoms with Gasteiger partial charge in [0.1, 0.15) is 0 Å². The number of aliphatic hydroxyl groups is 1. The third-order valence-electron chi connectivity index (χ3n) is 4.86. The van der Waals surface area contributed by atoms with Crippen LogP contribution < -0.4 is 0 Å². The van der Waals surface area contributed by atoms with Gasteiger partial charge in [-0.05, 0) is 58.2 Å². The quantitative estimate of drug-likeness (QED) is 0.602. The monoisotopic (exact) mass is 479 g/mol. The molecular weight excluding hydrogens is 458 g/mol. The summed E-state index contributed by atoms with van der Waals surface area (Å²) in [6.45, 7) is 6.70. The van der Waals surface area contributed by atoms with Crippen LogP contribution in [0.2, 0.25) is 0 Å². The summed E-state index contributed by atoms with van der Waals surface area (Å²) < 4.78 is 2.11. The minimum atomic E-state index is -0.727. The maximum absolute atomic E-state index is 11.0. The van der Waals surface area contributed by atoms with E-state index in [0.29, 0.717) is 12.5 Å². The highest BCUT2D eigenvalue weighted by atomic mass is 79.9. The highest BCUT2D eigenvalue weighted by molar-refractivity contribution is 9.12. The van der Waals surface area contributed by atoms with Crippen molar-refractivity contribution in [3.63, 3.8) is 0 Å². The Hall–Kier alpha value is -1.24. The summed E-state index contributed by atoms with van der Waals surface area (Å²) in [7, 11) is 0. The zero-order valence-corrected chi connectivity index (χ0v) is 18.3. The summed E-state index contributed by atoms with van der Waals surface area (Å²) in [5, 5.41) is 17.3. The number of aliphatic imine (C=N–C) groups is 1. The molecule has 1 aromatic carbocycles. The first-order valence-corrected chi connectivity index (χ1v) is 10.3. The predicted octanol–water partition coefficient (Wildman–Crippen LogP) is 5.20. The van der Waals surface area contributed by atoms with Gasteiger partial charge in [-0.25, -0.2) is 5.01 Å². The van der Waals surface area contributed by atoms with Crippen molar-refractivity contribution in [3.8, 4) is 0 Å². The first-order chi connectivity index (χ1) is 12.4. The van der Waals surface area contributed by atoms with Crippen LogP contribution in [0, 0.1) is 11.8 Å². The molecule has 4 nitrogen and oxygen atoms in total. The molecule has 6 heteroatoms. The molecule has 1 aliphatic heterocycles. The van der Waals surface area contributed by atoms with Crippen LogP contribution in [0.25, 0.3) is 0 Å². The molecule has 3 atom stereocenters. The van der Waals surface area contributed by atoms with E-state index < -0.39 is 6.23 Å². The van der Waals surface area contributed by atoms with E-state index in [1.165, 1.54) is 0 Å². The highest BCUT2D eigenvalue weighted by Gasteiger charge is 2.38.